The molecule has 1 aliphatic rings. The third-order valence-corrected chi connectivity index (χ3v) is 6.11. The monoisotopic (exact) mass is 386 g/mol. The van der Waals surface area contributed by atoms with Gasteiger partial charge in [-0.2, -0.15) is 0 Å². The number of rotatable bonds is 5. The second kappa shape index (κ2) is 7.28. The van der Waals surface area contributed by atoms with Gasteiger partial charge in [0.2, 0.25) is 0 Å². The van der Waals surface area contributed by atoms with Crippen molar-refractivity contribution in [1.82, 2.24) is 14.9 Å². The molecule has 1 N–H and O–H groups in total. The molecule has 1 fully saturated rings. The zero-order valence-electron chi connectivity index (χ0n) is 15.6. The summed E-state index contributed by atoms with van der Waals surface area (Å²) in [5, 5.41) is 4.21. The minimum Gasteiger partial charge on any atom is -0.465 e. The van der Waals surface area contributed by atoms with Gasteiger partial charge in [0.25, 0.3) is 5.91 Å². The van der Waals surface area contributed by atoms with E-state index in [0.717, 1.165) is 33.7 Å². The molecule has 0 aromatic carbocycles. The number of hydrogen-bond acceptors (Lipinski definition) is 7. The Morgan fingerprint density at radius 1 is 1.37 bits per heavy atom. The van der Waals surface area contributed by atoms with Crippen LogP contribution in [0.4, 0.5) is 5.82 Å². The van der Waals surface area contributed by atoms with Crippen LogP contribution in [0.25, 0.3) is 10.2 Å². The molecule has 142 valence electrons. The number of fused-ring (bicyclic) bond motifs is 1. The maximum atomic E-state index is 13.0. The molecule has 0 aliphatic carbocycles. The van der Waals surface area contributed by atoms with Gasteiger partial charge in [-0.15, -0.1) is 11.3 Å². The molecular weight excluding hydrogens is 364 g/mol. The van der Waals surface area contributed by atoms with Crippen LogP contribution >= 0.6 is 11.3 Å². The number of aromatic nitrogens is 2. The first-order valence-corrected chi connectivity index (χ1v) is 9.74. The summed E-state index contributed by atoms with van der Waals surface area (Å²) in [6, 6.07) is 4.00. The molecule has 7 nitrogen and oxygen atoms in total. The first kappa shape index (κ1) is 17.9. The molecular formula is C19H22N4O3S. The molecule has 0 spiro atoms. The van der Waals surface area contributed by atoms with Crippen molar-refractivity contribution in [2.45, 2.75) is 32.9 Å². The molecule has 3 aromatic rings. The molecule has 1 amide bonds. The van der Waals surface area contributed by atoms with Crippen molar-refractivity contribution >= 4 is 33.3 Å². The van der Waals surface area contributed by atoms with Crippen LogP contribution in [0, 0.1) is 13.8 Å². The van der Waals surface area contributed by atoms with Crippen molar-refractivity contribution in [3.63, 3.8) is 0 Å². The zero-order valence-corrected chi connectivity index (χ0v) is 16.4. The largest absolute Gasteiger partial charge is 0.465 e. The summed E-state index contributed by atoms with van der Waals surface area (Å²) in [7, 11) is 1.84. The Morgan fingerprint density at radius 3 is 2.93 bits per heavy atom. The molecule has 0 radical (unpaired) electrons. The lowest BCUT2D eigenvalue weighted by molar-refractivity contribution is 0.0715. The van der Waals surface area contributed by atoms with Crippen LogP contribution in [0.2, 0.25) is 0 Å². The van der Waals surface area contributed by atoms with Crippen LogP contribution in [-0.2, 0) is 11.3 Å². The fraction of sp³-hybridized carbons (Fsp3) is 0.421. The van der Waals surface area contributed by atoms with Gasteiger partial charge in [0.1, 0.15) is 28.5 Å². The SMILES string of the molecule is Cc1ccc(CNc2ncnc3sc(C(=O)N(C)[C@@H]4CCOC4)c(C)c23)o1. The molecule has 1 aliphatic heterocycles. The normalized spacial score (nSPS) is 16.8. The summed E-state index contributed by atoms with van der Waals surface area (Å²) in [5.41, 5.74) is 0.907. The zero-order chi connectivity index (χ0) is 19.0. The van der Waals surface area contributed by atoms with E-state index in [1.54, 1.807) is 4.90 Å². The van der Waals surface area contributed by atoms with E-state index in [1.165, 1.54) is 17.7 Å². The van der Waals surface area contributed by atoms with Crippen LogP contribution in [0.3, 0.4) is 0 Å². The maximum absolute atomic E-state index is 13.0. The number of aryl methyl sites for hydroxylation is 2. The van der Waals surface area contributed by atoms with E-state index in [1.807, 2.05) is 33.0 Å². The van der Waals surface area contributed by atoms with Gasteiger partial charge >= 0.3 is 0 Å². The Balaban J connectivity index is 1.62. The summed E-state index contributed by atoms with van der Waals surface area (Å²) in [5.74, 6) is 2.44. The van der Waals surface area contributed by atoms with E-state index in [0.29, 0.717) is 30.5 Å². The number of amides is 1. The van der Waals surface area contributed by atoms with Crippen LogP contribution in [0.5, 0.6) is 0 Å². The van der Waals surface area contributed by atoms with Crippen molar-refractivity contribution in [2.24, 2.45) is 0 Å². The number of thiophene rings is 1. The second-order valence-corrected chi connectivity index (χ2v) is 7.76. The average Bonchev–Trinajstić information content (AvgIpc) is 3.40. The van der Waals surface area contributed by atoms with Gasteiger partial charge < -0.3 is 19.4 Å². The van der Waals surface area contributed by atoms with Gasteiger partial charge in [-0.3, -0.25) is 4.79 Å². The second-order valence-electron chi connectivity index (χ2n) is 6.76. The number of nitrogens with zero attached hydrogens (tertiary/aromatic N) is 3. The number of furan rings is 1. The minimum absolute atomic E-state index is 0.0126. The number of anilines is 1. The minimum atomic E-state index is 0.0126. The number of likely N-dealkylation sites (N-methyl/N-ethyl adjacent to an activating group) is 1. The summed E-state index contributed by atoms with van der Waals surface area (Å²) >= 11 is 1.41. The van der Waals surface area contributed by atoms with Crippen molar-refractivity contribution in [3.8, 4) is 0 Å². The van der Waals surface area contributed by atoms with Gasteiger partial charge in [0, 0.05) is 13.7 Å². The first-order valence-electron chi connectivity index (χ1n) is 8.92. The Bertz CT molecular complexity index is 975. The molecule has 4 rings (SSSR count). The fourth-order valence-corrected chi connectivity index (χ4v) is 4.45. The highest BCUT2D eigenvalue weighted by atomic mass is 32.1. The van der Waals surface area contributed by atoms with Crippen LogP contribution in [-0.4, -0.2) is 47.1 Å². The molecule has 1 saturated heterocycles. The molecule has 27 heavy (non-hydrogen) atoms. The Morgan fingerprint density at radius 2 is 2.22 bits per heavy atom. The predicted molar refractivity (Wildman–Crippen MR) is 104 cm³/mol. The smallest absolute Gasteiger partial charge is 0.264 e. The predicted octanol–water partition coefficient (Wildman–Crippen LogP) is 3.37. The number of nitrogens with one attached hydrogen (secondary N) is 1. The number of carbonyl (C=O) groups excluding carboxylic acids is 1. The maximum Gasteiger partial charge on any atom is 0.264 e. The number of ether oxygens (including phenoxy) is 1. The Hall–Kier alpha value is -2.45. The van der Waals surface area contributed by atoms with Crippen LogP contribution in [0.15, 0.2) is 22.9 Å². The lowest BCUT2D eigenvalue weighted by Crippen LogP contribution is -2.37. The Labute approximate surface area is 161 Å². The molecule has 3 aromatic heterocycles. The van der Waals surface area contributed by atoms with Crippen molar-refractivity contribution < 1.29 is 13.9 Å². The highest BCUT2D eigenvalue weighted by Crippen LogP contribution is 2.34. The van der Waals surface area contributed by atoms with Gasteiger partial charge in [-0.25, -0.2) is 9.97 Å². The van der Waals surface area contributed by atoms with Gasteiger partial charge in [-0.05, 0) is 38.0 Å². The third-order valence-electron chi connectivity index (χ3n) is 4.92. The van der Waals surface area contributed by atoms with Gasteiger partial charge in [-0.1, -0.05) is 0 Å². The van der Waals surface area contributed by atoms with E-state index < -0.39 is 0 Å². The summed E-state index contributed by atoms with van der Waals surface area (Å²) in [4.78, 5) is 25.1. The molecule has 4 heterocycles. The van der Waals surface area contributed by atoms with Crippen LogP contribution in [0.1, 0.15) is 33.2 Å². The highest BCUT2D eigenvalue weighted by molar-refractivity contribution is 7.20. The Kier molecular flexibility index (Phi) is 4.84. The van der Waals surface area contributed by atoms with Crippen molar-refractivity contribution in [3.05, 3.63) is 40.4 Å². The standard InChI is InChI=1S/C19H22N4O3S/c1-11-4-5-14(26-11)8-20-17-15-12(2)16(27-18(15)22-10-21-17)19(24)23(3)13-6-7-25-9-13/h4-5,10,13H,6-9H2,1-3H3,(H,20,21,22)/t13-/m1/s1. The molecule has 8 heteroatoms. The van der Waals surface area contributed by atoms with E-state index in [-0.39, 0.29) is 11.9 Å². The van der Waals surface area contributed by atoms with E-state index in [4.69, 9.17) is 9.15 Å². The number of hydrogen-bond donors (Lipinski definition) is 1. The molecule has 0 bridgehead atoms. The molecule has 0 unspecified atom stereocenters. The number of carbonyl (C=O) groups is 1. The third kappa shape index (κ3) is 3.42. The van der Waals surface area contributed by atoms with E-state index in [9.17, 15) is 4.79 Å². The van der Waals surface area contributed by atoms with Gasteiger partial charge in [0.05, 0.1) is 29.5 Å². The lowest BCUT2D eigenvalue weighted by Gasteiger charge is -2.22. The molecule has 0 saturated carbocycles. The van der Waals surface area contributed by atoms with E-state index >= 15 is 0 Å². The lowest BCUT2D eigenvalue weighted by atomic mass is 10.1. The summed E-state index contributed by atoms with van der Waals surface area (Å²) in [6.07, 6.45) is 2.40. The summed E-state index contributed by atoms with van der Waals surface area (Å²) < 4.78 is 11.0. The topological polar surface area (TPSA) is 80.5 Å². The van der Waals surface area contributed by atoms with Crippen molar-refractivity contribution in [2.75, 3.05) is 25.6 Å². The highest BCUT2D eigenvalue weighted by Gasteiger charge is 2.28. The van der Waals surface area contributed by atoms with Gasteiger partial charge in [0.15, 0.2) is 0 Å². The van der Waals surface area contributed by atoms with Crippen molar-refractivity contribution in [1.29, 1.82) is 0 Å². The van der Waals surface area contributed by atoms with E-state index in [2.05, 4.69) is 15.3 Å². The fourth-order valence-electron chi connectivity index (χ4n) is 3.31. The molecule has 1 atom stereocenters. The van der Waals surface area contributed by atoms with Crippen LogP contribution < -0.4 is 5.32 Å². The summed E-state index contributed by atoms with van der Waals surface area (Å²) in [6.45, 7) is 5.70. The first-order chi connectivity index (χ1) is 13.0. The quantitative estimate of drug-likeness (QED) is 0.724. The average molecular weight is 386 g/mol.